The van der Waals surface area contributed by atoms with Crippen LogP contribution in [0.3, 0.4) is 0 Å². The maximum atomic E-state index is 15.5. The lowest BCUT2D eigenvalue weighted by Crippen LogP contribution is -2.34. The Balaban J connectivity index is 1.24. The molecule has 6 rings (SSSR count). The Kier molecular flexibility index (Phi) is 7.91. The first-order valence-electron chi connectivity index (χ1n) is 14.0. The van der Waals surface area contributed by atoms with E-state index in [-0.39, 0.29) is 36.8 Å². The minimum absolute atomic E-state index is 0.231. The Morgan fingerprint density at radius 3 is 2.80 bits per heavy atom. The lowest BCUT2D eigenvalue weighted by molar-refractivity contribution is 0.00529. The molecule has 11 heteroatoms. The SMILES string of the molecule is CCC/C(=N\c1nc(N[C@H]2CCc3cc(-c4cnnc(C)c4)cc(F)c32)c(Cl)cc1C)O[C@@H]1CO[C@@H]2C(O)CO[C@@H]21. The summed E-state index contributed by atoms with van der Waals surface area (Å²) in [6.07, 6.45) is 2.76. The van der Waals surface area contributed by atoms with Crippen LogP contribution in [0.4, 0.5) is 16.0 Å². The van der Waals surface area contributed by atoms with E-state index in [9.17, 15) is 5.11 Å². The van der Waals surface area contributed by atoms with E-state index in [1.54, 1.807) is 18.3 Å². The van der Waals surface area contributed by atoms with Crippen molar-refractivity contribution in [3.8, 4) is 11.1 Å². The lowest BCUT2D eigenvalue weighted by atomic mass is 10.00. The Morgan fingerprint density at radius 2 is 2.00 bits per heavy atom. The van der Waals surface area contributed by atoms with E-state index in [2.05, 4.69) is 15.5 Å². The molecular formula is C30H33ClFN5O4. The van der Waals surface area contributed by atoms with Gasteiger partial charge in [-0.05, 0) is 68.0 Å². The number of aryl methyl sites for hydroxylation is 3. The van der Waals surface area contributed by atoms with Gasteiger partial charge in [0.15, 0.2) is 17.8 Å². The van der Waals surface area contributed by atoms with Crippen molar-refractivity contribution in [1.29, 1.82) is 0 Å². The third-order valence-corrected chi connectivity index (χ3v) is 8.08. The Bertz CT molecular complexity index is 1490. The van der Waals surface area contributed by atoms with Crippen molar-refractivity contribution in [3.63, 3.8) is 0 Å². The largest absolute Gasteiger partial charge is 0.472 e. The molecule has 5 atom stereocenters. The molecule has 0 radical (unpaired) electrons. The molecule has 216 valence electrons. The van der Waals surface area contributed by atoms with Gasteiger partial charge in [0.1, 0.15) is 29.9 Å². The van der Waals surface area contributed by atoms with Gasteiger partial charge in [-0.3, -0.25) is 0 Å². The van der Waals surface area contributed by atoms with Gasteiger partial charge in [0, 0.05) is 17.5 Å². The van der Waals surface area contributed by atoms with Gasteiger partial charge in [-0.2, -0.15) is 15.2 Å². The average molecular weight is 582 g/mol. The third kappa shape index (κ3) is 5.66. The molecule has 9 nitrogen and oxygen atoms in total. The third-order valence-electron chi connectivity index (χ3n) is 7.79. The summed E-state index contributed by atoms with van der Waals surface area (Å²) in [7, 11) is 0. The summed E-state index contributed by atoms with van der Waals surface area (Å²) in [5, 5.41) is 21.9. The van der Waals surface area contributed by atoms with Crippen molar-refractivity contribution < 1.29 is 23.7 Å². The zero-order valence-electron chi connectivity index (χ0n) is 23.2. The molecule has 0 bridgehead atoms. The Labute approximate surface area is 243 Å². The number of aromatic nitrogens is 3. The predicted molar refractivity (Wildman–Crippen MR) is 153 cm³/mol. The van der Waals surface area contributed by atoms with E-state index >= 15 is 4.39 Å². The fraction of sp³-hybridized carbons (Fsp3) is 0.467. The van der Waals surface area contributed by atoms with Crippen LogP contribution >= 0.6 is 11.6 Å². The summed E-state index contributed by atoms with van der Waals surface area (Å²) in [5.41, 5.74) is 4.75. The second-order valence-electron chi connectivity index (χ2n) is 10.9. The molecule has 2 N–H and O–H groups in total. The highest BCUT2D eigenvalue weighted by atomic mass is 35.5. The summed E-state index contributed by atoms with van der Waals surface area (Å²) >= 11 is 6.61. The molecule has 1 unspecified atom stereocenters. The van der Waals surface area contributed by atoms with Crippen LogP contribution < -0.4 is 5.32 Å². The van der Waals surface area contributed by atoms with Gasteiger partial charge in [-0.1, -0.05) is 24.6 Å². The van der Waals surface area contributed by atoms with E-state index < -0.39 is 6.10 Å². The first kappa shape index (κ1) is 28.0. The zero-order chi connectivity index (χ0) is 28.7. The number of nitrogens with one attached hydrogen (secondary N) is 1. The summed E-state index contributed by atoms with van der Waals surface area (Å²) in [5.74, 6) is 1.14. The molecule has 2 aromatic heterocycles. The minimum atomic E-state index is -0.650. The number of aliphatic hydroxyl groups is 1. The quantitative estimate of drug-likeness (QED) is 0.281. The van der Waals surface area contributed by atoms with E-state index in [0.717, 1.165) is 40.8 Å². The van der Waals surface area contributed by atoms with Crippen molar-refractivity contribution >= 4 is 29.1 Å². The summed E-state index contributed by atoms with van der Waals surface area (Å²) in [4.78, 5) is 9.50. The molecule has 2 aliphatic heterocycles. The fourth-order valence-corrected chi connectivity index (χ4v) is 6.06. The molecular weight excluding hydrogens is 549 g/mol. The van der Waals surface area contributed by atoms with Gasteiger partial charge in [0.25, 0.3) is 0 Å². The number of pyridine rings is 1. The van der Waals surface area contributed by atoms with Crippen LogP contribution in [0.25, 0.3) is 11.1 Å². The monoisotopic (exact) mass is 581 g/mol. The number of aliphatic imine (C=N–C) groups is 1. The predicted octanol–water partition coefficient (Wildman–Crippen LogP) is 5.42. The van der Waals surface area contributed by atoms with Crippen LogP contribution in [0.5, 0.6) is 0 Å². The van der Waals surface area contributed by atoms with Gasteiger partial charge < -0.3 is 24.6 Å². The van der Waals surface area contributed by atoms with Gasteiger partial charge in [-0.25, -0.2) is 9.37 Å². The van der Waals surface area contributed by atoms with Crippen molar-refractivity contribution in [2.75, 3.05) is 18.5 Å². The molecule has 41 heavy (non-hydrogen) atoms. The summed E-state index contributed by atoms with van der Waals surface area (Å²) in [6, 6.07) is 6.99. The van der Waals surface area contributed by atoms with Crippen molar-refractivity contribution in [2.24, 2.45) is 4.99 Å². The molecule has 3 aromatic rings. The molecule has 0 saturated carbocycles. The van der Waals surface area contributed by atoms with Crippen LogP contribution in [0.1, 0.15) is 54.6 Å². The molecule has 0 amide bonds. The number of anilines is 1. The average Bonchev–Trinajstić information content (AvgIpc) is 3.64. The summed E-state index contributed by atoms with van der Waals surface area (Å²) < 4.78 is 33.1. The standard InChI is InChI=1S/C30H33ClFN5O4/c1-4-5-25(41-24-14-40-27-23(38)13-39-28(24)27)35-29-15(2)8-20(31)30(36-29)34-22-7-6-17-10-18(11-21(32)26(17)22)19-9-16(3)37-33-12-19/h8-12,22-24,27-28,38H,4-7,13-14H2,1-3H3,(H,34,36)/b35-25+/t22-,23?,24+,27+,28+/m0/s1. The number of benzene rings is 1. The maximum absolute atomic E-state index is 15.5. The number of ether oxygens (including phenoxy) is 3. The smallest absolute Gasteiger partial charge is 0.190 e. The molecule has 2 fully saturated rings. The lowest BCUT2D eigenvalue weighted by Gasteiger charge is -2.20. The van der Waals surface area contributed by atoms with Gasteiger partial charge in [-0.15, -0.1) is 0 Å². The van der Waals surface area contributed by atoms with Gasteiger partial charge in [0.05, 0.1) is 36.2 Å². The number of hydrogen-bond acceptors (Lipinski definition) is 9. The molecule has 3 aliphatic rings. The zero-order valence-corrected chi connectivity index (χ0v) is 24.0. The van der Waals surface area contributed by atoms with Crippen LogP contribution in [-0.4, -0.2) is 63.8 Å². The number of halogens is 2. The van der Waals surface area contributed by atoms with Crippen LogP contribution in [-0.2, 0) is 20.6 Å². The Morgan fingerprint density at radius 1 is 1.17 bits per heavy atom. The molecule has 0 spiro atoms. The van der Waals surface area contributed by atoms with Crippen LogP contribution in [0.15, 0.2) is 35.5 Å². The second kappa shape index (κ2) is 11.6. The highest BCUT2D eigenvalue weighted by molar-refractivity contribution is 6.33. The van der Waals surface area contributed by atoms with E-state index in [1.807, 2.05) is 32.9 Å². The van der Waals surface area contributed by atoms with Gasteiger partial charge in [0.2, 0.25) is 0 Å². The highest BCUT2D eigenvalue weighted by Crippen LogP contribution is 2.40. The van der Waals surface area contributed by atoms with Crippen LogP contribution in [0, 0.1) is 19.7 Å². The second-order valence-corrected chi connectivity index (χ2v) is 11.3. The highest BCUT2D eigenvalue weighted by Gasteiger charge is 2.48. The van der Waals surface area contributed by atoms with E-state index in [0.29, 0.717) is 47.6 Å². The maximum Gasteiger partial charge on any atom is 0.190 e. The Hall–Kier alpha value is -3.18. The minimum Gasteiger partial charge on any atom is -0.472 e. The summed E-state index contributed by atoms with van der Waals surface area (Å²) in [6.45, 7) is 6.34. The normalized spacial score (nSPS) is 25.3. The fourth-order valence-electron chi connectivity index (χ4n) is 5.80. The molecule has 1 aromatic carbocycles. The molecule has 1 aliphatic carbocycles. The number of fused-ring (bicyclic) bond motifs is 2. The molecule has 2 saturated heterocycles. The first-order chi connectivity index (χ1) is 19.8. The van der Waals surface area contributed by atoms with E-state index in [1.165, 1.54) is 0 Å². The number of rotatable bonds is 7. The van der Waals surface area contributed by atoms with Crippen molar-refractivity contribution in [3.05, 3.63) is 63.7 Å². The van der Waals surface area contributed by atoms with Crippen molar-refractivity contribution in [2.45, 2.75) is 76.9 Å². The topological polar surface area (TPSA) is 111 Å². The van der Waals surface area contributed by atoms with Gasteiger partial charge >= 0.3 is 0 Å². The van der Waals surface area contributed by atoms with E-state index in [4.69, 9.17) is 35.8 Å². The number of hydrogen-bond donors (Lipinski definition) is 2. The first-order valence-corrected chi connectivity index (χ1v) is 14.4. The van der Waals surface area contributed by atoms with Crippen molar-refractivity contribution in [1.82, 2.24) is 15.2 Å². The van der Waals surface area contributed by atoms with Crippen LogP contribution in [0.2, 0.25) is 5.02 Å². The number of nitrogens with zero attached hydrogens (tertiary/aromatic N) is 4. The number of aliphatic hydroxyl groups excluding tert-OH is 1. The molecule has 4 heterocycles.